The average molecular weight is 182 g/mol. The quantitative estimate of drug-likeness (QED) is 0.669. The summed E-state index contributed by atoms with van der Waals surface area (Å²) in [5, 5.41) is 0. The zero-order chi connectivity index (χ0) is 9.68. The van der Waals surface area contributed by atoms with Gasteiger partial charge in [-0.2, -0.15) is 0 Å². The first-order chi connectivity index (χ1) is 6.24. The molecule has 1 aliphatic rings. The van der Waals surface area contributed by atoms with Gasteiger partial charge in [-0.05, 0) is 19.3 Å². The van der Waals surface area contributed by atoms with Crippen LogP contribution in [0.4, 0.5) is 0 Å². The Kier molecular flexibility index (Phi) is 4.13. The maximum atomic E-state index is 11.4. The van der Waals surface area contributed by atoms with Crippen molar-refractivity contribution in [1.29, 1.82) is 0 Å². The van der Waals surface area contributed by atoms with E-state index < -0.39 is 0 Å². The first-order valence-corrected chi connectivity index (χ1v) is 5.28. The molecule has 1 saturated carbocycles. The number of carbonyl (C=O) groups excluding carboxylic acids is 2. The first kappa shape index (κ1) is 10.4. The molecule has 0 bridgehead atoms. The molecule has 13 heavy (non-hydrogen) atoms. The standard InChI is InChI=1S/C11H18O2/c1-2-10(12)8-7-9-5-3-4-6-11(9)13/h9H,2-8H2,1H3. The molecule has 0 radical (unpaired) electrons. The van der Waals surface area contributed by atoms with E-state index in [-0.39, 0.29) is 5.92 Å². The minimum Gasteiger partial charge on any atom is -0.300 e. The van der Waals surface area contributed by atoms with Gasteiger partial charge in [-0.3, -0.25) is 9.59 Å². The first-order valence-electron chi connectivity index (χ1n) is 5.28. The zero-order valence-corrected chi connectivity index (χ0v) is 8.34. The van der Waals surface area contributed by atoms with Crippen LogP contribution < -0.4 is 0 Å². The van der Waals surface area contributed by atoms with Gasteiger partial charge in [0, 0.05) is 25.2 Å². The van der Waals surface area contributed by atoms with Crippen LogP contribution >= 0.6 is 0 Å². The molecule has 1 aliphatic carbocycles. The molecule has 2 heteroatoms. The van der Waals surface area contributed by atoms with Gasteiger partial charge < -0.3 is 0 Å². The summed E-state index contributed by atoms with van der Waals surface area (Å²) in [5.41, 5.74) is 0. The van der Waals surface area contributed by atoms with Gasteiger partial charge in [-0.25, -0.2) is 0 Å². The van der Waals surface area contributed by atoms with Crippen molar-refractivity contribution < 1.29 is 9.59 Å². The molecule has 0 aromatic rings. The van der Waals surface area contributed by atoms with Crippen LogP contribution in [-0.2, 0) is 9.59 Å². The van der Waals surface area contributed by atoms with Crippen LogP contribution in [0.1, 0.15) is 51.9 Å². The van der Waals surface area contributed by atoms with Crippen molar-refractivity contribution in [1.82, 2.24) is 0 Å². The van der Waals surface area contributed by atoms with Gasteiger partial charge in [0.2, 0.25) is 0 Å². The van der Waals surface area contributed by atoms with E-state index in [4.69, 9.17) is 0 Å². The second-order valence-corrected chi connectivity index (χ2v) is 3.84. The van der Waals surface area contributed by atoms with Crippen molar-refractivity contribution in [3.8, 4) is 0 Å². The lowest BCUT2D eigenvalue weighted by Crippen LogP contribution is -2.19. The minimum absolute atomic E-state index is 0.198. The highest BCUT2D eigenvalue weighted by Crippen LogP contribution is 2.24. The van der Waals surface area contributed by atoms with Crippen LogP contribution in [0.3, 0.4) is 0 Å². The molecule has 1 fully saturated rings. The van der Waals surface area contributed by atoms with Crippen LogP contribution in [0.5, 0.6) is 0 Å². The Morgan fingerprint density at radius 3 is 2.85 bits per heavy atom. The molecule has 0 spiro atoms. The molecule has 0 aliphatic heterocycles. The van der Waals surface area contributed by atoms with E-state index in [0.29, 0.717) is 24.4 Å². The molecule has 0 N–H and O–H groups in total. The predicted molar refractivity (Wildman–Crippen MR) is 51.5 cm³/mol. The van der Waals surface area contributed by atoms with Crippen LogP contribution in [0.25, 0.3) is 0 Å². The number of rotatable bonds is 4. The molecule has 1 rings (SSSR count). The van der Waals surface area contributed by atoms with Crippen molar-refractivity contribution in [2.24, 2.45) is 5.92 Å². The van der Waals surface area contributed by atoms with Crippen LogP contribution in [-0.4, -0.2) is 11.6 Å². The molecule has 0 aromatic heterocycles. The lowest BCUT2D eigenvalue weighted by Gasteiger charge is -2.19. The monoisotopic (exact) mass is 182 g/mol. The number of hydrogen-bond acceptors (Lipinski definition) is 2. The van der Waals surface area contributed by atoms with Crippen molar-refractivity contribution >= 4 is 11.6 Å². The fourth-order valence-electron chi connectivity index (χ4n) is 1.87. The Balaban J connectivity index is 2.26. The molecule has 0 saturated heterocycles. The van der Waals surface area contributed by atoms with E-state index in [2.05, 4.69) is 0 Å². The summed E-state index contributed by atoms with van der Waals surface area (Å²) in [7, 11) is 0. The van der Waals surface area contributed by atoms with Crippen LogP contribution in [0.15, 0.2) is 0 Å². The van der Waals surface area contributed by atoms with Gasteiger partial charge in [0.25, 0.3) is 0 Å². The normalized spacial score (nSPS) is 23.2. The fraction of sp³-hybridized carbons (Fsp3) is 0.818. The largest absolute Gasteiger partial charge is 0.300 e. The van der Waals surface area contributed by atoms with Gasteiger partial charge in [-0.15, -0.1) is 0 Å². The third-order valence-corrected chi connectivity index (χ3v) is 2.85. The van der Waals surface area contributed by atoms with E-state index in [0.717, 1.165) is 32.1 Å². The summed E-state index contributed by atoms with van der Waals surface area (Å²) < 4.78 is 0. The van der Waals surface area contributed by atoms with Crippen molar-refractivity contribution in [3.63, 3.8) is 0 Å². The van der Waals surface area contributed by atoms with E-state index >= 15 is 0 Å². The molecular weight excluding hydrogens is 164 g/mol. The summed E-state index contributed by atoms with van der Waals surface area (Å²) in [6.07, 6.45) is 5.98. The van der Waals surface area contributed by atoms with Crippen molar-refractivity contribution in [3.05, 3.63) is 0 Å². The number of Topliss-reactive ketones (excluding diaryl/α,β-unsaturated/α-hetero) is 2. The number of carbonyl (C=O) groups is 2. The molecule has 0 amide bonds. The Hall–Kier alpha value is -0.660. The number of hydrogen-bond donors (Lipinski definition) is 0. The van der Waals surface area contributed by atoms with Crippen LogP contribution in [0, 0.1) is 5.92 Å². The SMILES string of the molecule is CCC(=O)CCC1CCCCC1=O. The highest BCUT2D eigenvalue weighted by molar-refractivity contribution is 5.83. The highest BCUT2D eigenvalue weighted by atomic mass is 16.1. The minimum atomic E-state index is 0.198. The predicted octanol–water partition coefficient (Wildman–Crippen LogP) is 2.51. The van der Waals surface area contributed by atoms with Gasteiger partial charge in [0.15, 0.2) is 0 Å². The van der Waals surface area contributed by atoms with Gasteiger partial charge in [0.05, 0.1) is 0 Å². The maximum absolute atomic E-state index is 11.4. The fourth-order valence-corrected chi connectivity index (χ4v) is 1.87. The Bertz CT molecular complexity index is 196. The third-order valence-electron chi connectivity index (χ3n) is 2.85. The molecular formula is C11H18O2. The smallest absolute Gasteiger partial charge is 0.135 e. The second-order valence-electron chi connectivity index (χ2n) is 3.84. The van der Waals surface area contributed by atoms with Gasteiger partial charge in [0.1, 0.15) is 11.6 Å². The van der Waals surface area contributed by atoms with Gasteiger partial charge >= 0.3 is 0 Å². The summed E-state index contributed by atoms with van der Waals surface area (Å²) in [6, 6.07) is 0. The summed E-state index contributed by atoms with van der Waals surface area (Å²) >= 11 is 0. The van der Waals surface area contributed by atoms with Gasteiger partial charge in [-0.1, -0.05) is 13.3 Å². The summed E-state index contributed by atoms with van der Waals surface area (Å²) in [5.74, 6) is 0.873. The van der Waals surface area contributed by atoms with Crippen LogP contribution in [0.2, 0.25) is 0 Å². The van der Waals surface area contributed by atoms with E-state index in [1.807, 2.05) is 6.92 Å². The summed E-state index contributed by atoms with van der Waals surface area (Å²) in [4.78, 5) is 22.4. The lowest BCUT2D eigenvalue weighted by molar-refractivity contribution is -0.125. The molecule has 1 unspecified atom stereocenters. The average Bonchev–Trinajstić information content (AvgIpc) is 2.16. The Morgan fingerprint density at radius 2 is 2.23 bits per heavy atom. The molecule has 74 valence electrons. The topological polar surface area (TPSA) is 34.1 Å². The molecule has 0 aromatic carbocycles. The lowest BCUT2D eigenvalue weighted by atomic mass is 9.84. The highest BCUT2D eigenvalue weighted by Gasteiger charge is 2.22. The molecule has 1 atom stereocenters. The van der Waals surface area contributed by atoms with Crippen molar-refractivity contribution in [2.75, 3.05) is 0 Å². The number of ketones is 2. The van der Waals surface area contributed by atoms with E-state index in [9.17, 15) is 9.59 Å². The maximum Gasteiger partial charge on any atom is 0.135 e. The summed E-state index contributed by atoms with van der Waals surface area (Å²) in [6.45, 7) is 1.88. The molecule has 0 heterocycles. The zero-order valence-electron chi connectivity index (χ0n) is 8.34. The van der Waals surface area contributed by atoms with E-state index in [1.54, 1.807) is 0 Å². The Morgan fingerprint density at radius 1 is 1.46 bits per heavy atom. The molecule has 2 nitrogen and oxygen atoms in total. The Labute approximate surface area is 79.7 Å². The third kappa shape index (κ3) is 3.29. The second kappa shape index (κ2) is 5.15. The van der Waals surface area contributed by atoms with Crippen molar-refractivity contribution in [2.45, 2.75) is 51.9 Å². The van der Waals surface area contributed by atoms with E-state index in [1.165, 1.54) is 0 Å².